The lowest BCUT2D eigenvalue weighted by atomic mass is 9.80. The van der Waals surface area contributed by atoms with Gasteiger partial charge in [0.1, 0.15) is 0 Å². The molecule has 1 fully saturated rings. The maximum Gasteiger partial charge on any atom is 0.499 e. The predicted molar refractivity (Wildman–Crippen MR) is 67.6 cm³/mol. The highest BCUT2D eigenvalue weighted by atomic mass is 79.9. The molecule has 0 amide bonds. The summed E-state index contributed by atoms with van der Waals surface area (Å²) in [4.78, 5) is 3.65. The Hall–Kier alpha value is -0.455. The van der Waals surface area contributed by atoms with Crippen LogP contribution in [0.5, 0.6) is 0 Å². The number of nitrogens with zero attached hydrogens (tertiary/aromatic N) is 1. The Morgan fingerprint density at radius 2 is 1.76 bits per heavy atom. The Balaban J connectivity index is 2.35. The minimum Gasteiger partial charge on any atom is -0.399 e. The maximum absolute atomic E-state index is 13.6. The van der Waals surface area contributed by atoms with Crippen molar-refractivity contribution in [3.63, 3.8) is 0 Å². The minimum atomic E-state index is -0.718. The molecule has 17 heavy (non-hydrogen) atoms. The molecule has 1 aromatic heterocycles. The number of aromatic nitrogens is 1. The van der Waals surface area contributed by atoms with E-state index in [1.165, 1.54) is 6.20 Å². The van der Waals surface area contributed by atoms with Crippen molar-refractivity contribution in [3.8, 4) is 0 Å². The van der Waals surface area contributed by atoms with Gasteiger partial charge in [0.2, 0.25) is 5.95 Å². The first-order valence-corrected chi connectivity index (χ1v) is 6.19. The first-order chi connectivity index (χ1) is 7.73. The van der Waals surface area contributed by atoms with Crippen molar-refractivity contribution in [2.75, 3.05) is 0 Å². The predicted octanol–water partition coefficient (Wildman–Crippen LogP) is 2.28. The van der Waals surface area contributed by atoms with Crippen molar-refractivity contribution >= 4 is 28.5 Å². The monoisotopic (exact) mass is 301 g/mol. The van der Waals surface area contributed by atoms with Gasteiger partial charge in [0.05, 0.1) is 11.2 Å². The summed E-state index contributed by atoms with van der Waals surface area (Å²) in [5.41, 5.74) is -0.642. The first-order valence-electron chi connectivity index (χ1n) is 5.39. The largest absolute Gasteiger partial charge is 0.499 e. The van der Waals surface area contributed by atoms with Crippen molar-refractivity contribution in [1.82, 2.24) is 4.98 Å². The normalized spacial score (nSPS) is 21.9. The summed E-state index contributed by atoms with van der Waals surface area (Å²) in [6, 6.07) is 1.63. The molecule has 0 spiro atoms. The number of hydrogen-bond acceptors (Lipinski definition) is 3. The molecule has 0 aliphatic carbocycles. The maximum atomic E-state index is 13.6. The third-order valence-electron chi connectivity index (χ3n) is 3.34. The lowest BCUT2D eigenvalue weighted by Crippen LogP contribution is -2.41. The summed E-state index contributed by atoms with van der Waals surface area (Å²) < 4.78 is 25.9. The number of pyridine rings is 1. The molecule has 6 heteroatoms. The second-order valence-corrected chi connectivity index (χ2v) is 6.04. The van der Waals surface area contributed by atoms with E-state index in [0.717, 1.165) is 0 Å². The quantitative estimate of drug-likeness (QED) is 0.589. The average molecular weight is 302 g/mol. The Labute approximate surface area is 109 Å². The Bertz CT molecular complexity index is 437. The molecule has 1 aliphatic heterocycles. The summed E-state index contributed by atoms with van der Waals surface area (Å²) in [6.45, 7) is 7.71. The molecule has 0 saturated carbocycles. The van der Waals surface area contributed by atoms with Crippen molar-refractivity contribution in [1.29, 1.82) is 0 Å². The van der Waals surface area contributed by atoms with Crippen LogP contribution < -0.4 is 5.46 Å². The zero-order valence-corrected chi connectivity index (χ0v) is 11.8. The van der Waals surface area contributed by atoms with Gasteiger partial charge in [-0.15, -0.1) is 0 Å². The van der Waals surface area contributed by atoms with E-state index in [9.17, 15) is 4.39 Å². The summed E-state index contributed by atoms with van der Waals surface area (Å²) in [5.74, 6) is -0.563. The van der Waals surface area contributed by atoms with Gasteiger partial charge in [-0.1, -0.05) is 0 Å². The smallest absolute Gasteiger partial charge is 0.399 e. The molecule has 92 valence electrons. The van der Waals surface area contributed by atoms with Crippen LogP contribution in [0.15, 0.2) is 16.7 Å². The van der Waals surface area contributed by atoms with Gasteiger partial charge in [0.15, 0.2) is 0 Å². The highest BCUT2D eigenvalue weighted by molar-refractivity contribution is 9.10. The summed E-state index contributed by atoms with van der Waals surface area (Å²) in [6.07, 6.45) is 1.41. The van der Waals surface area contributed by atoms with Gasteiger partial charge in [-0.25, -0.2) is 4.98 Å². The highest BCUT2D eigenvalue weighted by Crippen LogP contribution is 2.36. The number of halogens is 2. The highest BCUT2D eigenvalue weighted by Gasteiger charge is 2.52. The Morgan fingerprint density at radius 3 is 2.29 bits per heavy atom. The van der Waals surface area contributed by atoms with Crippen LogP contribution in [0.1, 0.15) is 27.7 Å². The van der Waals surface area contributed by atoms with Gasteiger partial charge in [0.25, 0.3) is 0 Å². The van der Waals surface area contributed by atoms with Crippen LogP contribution in [0.25, 0.3) is 0 Å². The molecule has 0 aromatic carbocycles. The lowest BCUT2D eigenvalue weighted by Gasteiger charge is -2.32. The molecular weight excluding hydrogens is 288 g/mol. The van der Waals surface area contributed by atoms with Crippen LogP contribution >= 0.6 is 15.9 Å². The molecule has 1 aliphatic rings. The minimum absolute atomic E-state index is 0.318. The molecule has 0 N–H and O–H groups in total. The fraction of sp³-hybridized carbons (Fsp3) is 0.545. The van der Waals surface area contributed by atoms with E-state index in [4.69, 9.17) is 9.31 Å². The SMILES string of the molecule is CC1(C)OB(c2cc(Br)cnc2F)OC1(C)C. The van der Waals surface area contributed by atoms with E-state index < -0.39 is 24.3 Å². The van der Waals surface area contributed by atoms with E-state index in [2.05, 4.69) is 20.9 Å². The average Bonchev–Trinajstić information content (AvgIpc) is 2.40. The molecule has 1 aromatic rings. The molecular formula is C11H14BBrFNO2. The van der Waals surface area contributed by atoms with Crippen molar-refractivity contribution in [2.45, 2.75) is 38.9 Å². The lowest BCUT2D eigenvalue weighted by molar-refractivity contribution is 0.00578. The molecule has 2 rings (SSSR count). The fourth-order valence-corrected chi connectivity index (χ4v) is 1.92. The summed E-state index contributed by atoms with van der Waals surface area (Å²) in [7, 11) is -0.718. The van der Waals surface area contributed by atoms with Crippen molar-refractivity contribution in [3.05, 3.63) is 22.7 Å². The van der Waals surface area contributed by atoms with Gasteiger partial charge >= 0.3 is 7.12 Å². The van der Waals surface area contributed by atoms with Crippen LogP contribution in [0.3, 0.4) is 0 Å². The summed E-state index contributed by atoms with van der Waals surface area (Å²) >= 11 is 3.26. The van der Waals surface area contributed by atoms with Gasteiger partial charge in [-0.05, 0) is 49.7 Å². The zero-order chi connectivity index (χ0) is 12.8. The first kappa shape index (κ1) is 13.0. The van der Waals surface area contributed by atoms with Gasteiger partial charge in [0, 0.05) is 16.1 Å². The van der Waals surface area contributed by atoms with Gasteiger partial charge in [-0.3, -0.25) is 0 Å². The Kier molecular flexibility index (Phi) is 3.08. The summed E-state index contributed by atoms with van der Waals surface area (Å²) in [5, 5.41) is 0. The zero-order valence-electron chi connectivity index (χ0n) is 10.3. The van der Waals surface area contributed by atoms with Crippen molar-refractivity contribution < 1.29 is 13.7 Å². The molecule has 3 nitrogen and oxygen atoms in total. The third kappa shape index (κ3) is 2.26. The van der Waals surface area contributed by atoms with E-state index in [1.54, 1.807) is 6.07 Å². The van der Waals surface area contributed by atoms with E-state index >= 15 is 0 Å². The topological polar surface area (TPSA) is 31.4 Å². The number of rotatable bonds is 1. The molecule has 0 radical (unpaired) electrons. The molecule has 1 saturated heterocycles. The Morgan fingerprint density at radius 1 is 1.24 bits per heavy atom. The van der Waals surface area contributed by atoms with E-state index in [-0.39, 0.29) is 0 Å². The molecule has 0 atom stereocenters. The second kappa shape index (κ2) is 4.04. The molecule has 0 unspecified atom stereocenters. The van der Waals surface area contributed by atoms with Crippen LogP contribution in [-0.4, -0.2) is 23.3 Å². The number of hydrogen-bond donors (Lipinski definition) is 0. The van der Waals surface area contributed by atoms with E-state index in [1.807, 2.05) is 27.7 Å². The molecule has 0 bridgehead atoms. The van der Waals surface area contributed by atoms with Crippen LogP contribution in [-0.2, 0) is 9.31 Å². The standard InChI is InChI=1S/C11H14BBrFNO2/c1-10(2)11(3,4)17-12(16-10)8-5-7(13)6-15-9(8)14/h5-6H,1-4H3. The fourth-order valence-electron chi connectivity index (χ4n) is 1.57. The van der Waals surface area contributed by atoms with Gasteiger partial charge in [-0.2, -0.15) is 4.39 Å². The van der Waals surface area contributed by atoms with Crippen LogP contribution in [0.4, 0.5) is 4.39 Å². The second-order valence-electron chi connectivity index (χ2n) is 5.12. The van der Waals surface area contributed by atoms with Gasteiger partial charge < -0.3 is 9.31 Å². The van der Waals surface area contributed by atoms with Crippen LogP contribution in [0, 0.1) is 5.95 Å². The third-order valence-corrected chi connectivity index (χ3v) is 3.77. The van der Waals surface area contributed by atoms with Crippen LogP contribution in [0.2, 0.25) is 0 Å². The van der Waals surface area contributed by atoms with E-state index in [0.29, 0.717) is 9.94 Å². The molecule has 2 heterocycles. The van der Waals surface area contributed by atoms with Crippen molar-refractivity contribution in [2.24, 2.45) is 0 Å².